The molecule has 0 aromatic heterocycles. The minimum atomic E-state index is -0.173. The summed E-state index contributed by atoms with van der Waals surface area (Å²) in [6, 6.07) is 0.613. The van der Waals surface area contributed by atoms with Crippen molar-refractivity contribution in [3.05, 3.63) is 0 Å². The van der Waals surface area contributed by atoms with Gasteiger partial charge in [0.25, 0.3) is 0 Å². The van der Waals surface area contributed by atoms with E-state index in [1.54, 1.807) is 0 Å². The van der Waals surface area contributed by atoms with Gasteiger partial charge in [0.2, 0.25) is 0 Å². The van der Waals surface area contributed by atoms with Crippen molar-refractivity contribution in [1.29, 1.82) is 0 Å². The summed E-state index contributed by atoms with van der Waals surface area (Å²) in [7, 11) is 0. The molecule has 1 aliphatic rings. The van der Waals surface area contributed by atoms with Gasteiger partial charge in [0.05, 0.1) is 6.10 Å². The molecule has 1 rings (SSSR count). The van der Waals surface area contributed by atoms with E-state index in [1.165, 1.54) is 38.9 Å². The van der Waals surface area contributed by atoms with Crippen LogP contribution in [-0.4, -0.2) is 48.3 Å². The molecule has 1 fully saturated rings. The van der Waals surface area contributed by atoms with Gasteiger partial charge >= 0.3 is 0 Å². The Labute approximate surface area is 113 Å². The molecule has 0 aromatic rings. The van der Waals surface area contributed by atoms with E-state index >= 15 is 0 Å². The van der Waals surface area contributed by atoms with Gasteiger partial charge in [-0.05, 0) is 44.8 Å². The van der Waals surface area contributed by atoms with Crippen LogP contribution in [0.15, 0.2) is 0 Å². The van der Waals surface area contributed by atoms with Crippen LogP contribution in [0.4, 0.5) is 0 Å². The molecular formula is C15H32N2O. The minimum absolute atomic E-state index is 0.173. The van der Waals surface area contributed by atoms with Gasteiger partial charge in [0, 0.05) is 12.6 Å². The fraction of sp³-hybridized carbons (Fsp3) is 1.00. The van der Waals surface area contributed by atoms with E-state index in [4.69, 9.17) is 0 Å². The lowest BCUT2D eigenvalue weighted by Crippen LogP contribution is -2.45. The molecule has 0 radical (unpaired) electrons. The first-order chi connectivity index (χ1) is 8.71. The SMILES string of the molecule is CCCN1CCC(NCC(O)C(CC)CC)CC1. The van der Waals surface area contributed by atoms with Crippen molar-refractivity contribution < 1.29 is 5.11 Å². The molecule has 0 saturated carbocycles. The zero-order valence-electron chi connectivity index (χ0n) is 12.5. The Morgan fingerprint density at radius 3 is 2.28 bits per heavy atom. The highest BCUT2D eigenvalue weighted by atomic mass is 16.3. The molecule has 0 bridgehead atoms. The van der Waals surface area contributed by atoms with Gasteiger partial charge < -0.3 is 15.3 Å². The summed E-state index contributed by atoms with van der Waals surface area (Å²) >= 11 is 0. The summed E-state index contributed by atoms with van der Waals surface area (Å²) in [5, 5.41) is 13.7. The average Bonchev–Trinajstić information content (AvgIpc) is 2.40. The Kier molecular flexibility index (Phi) is 7.87. The van der Waals surface area contributed by atoms with Crippen LogP contribution in [-0.2, 0) is 0 Å². The number of aliphatic hydroxyl groups is 1. The number of rotatable bonds is 8. The molecule has 1 saturated heterocycles. The first kappa shape index (κ1) is 15.9. The van der Waals surface area contributed by atoms with Crippen molar-refractivity contribution in [3.63, 3.8) is 0 Å². The second-order valence-electron chi connectivity index (χ2n) is 5.67. The molecule has 0 amide bonds. The lowest BCUT2D eigenvalue weighted by Gasteiger charge is -2.33. The van der Waals surface area contributed by atoms with Crippen LogP contribution in [0.2, 0.25) is 0 Å². The number of aliphatic hydroxyl groups excluding tert-OH is 1. The molecule has 1 heterocycles. The zero-order valence-corrected chi connectivity index (χ0v) is 12.5. The second-order valence-corrected chi connectivity index (χ2v) is 5.67. The fourth-order valence-corrected chi connectivity index (χ4v) is 2.96. The van der Waals surface area contributed by atoms with Gasteiger partial charge in [-0.15, -0.1) is 0 Å². The monoisotopic (exact) mass is 256 g/mol. The van der Waals surface area contributed by atoms with E-state index in [1.807, 2.05) is 0 Å². The Morgan fingerprint density at radius 2 is 1.78 bits per heavy atom. The molecule has 18 heavy (non-hydrogen) atoms. The first-order valence-corrected chi connectivity index (χ1v) is 7.85. The lowest BCUT2D eigenvalue weighted by atomic mass is 9.96. The Hall–Kier alpha value is -0.120. The third kappa shape index (κ3) is 5.25. The quantitative estimate of drug-likeness (QED) is 0.699. The molecule has 0 aromatic carbocycles. The minimum Gasteiger partial charge on any atom is -0.392 e. The number of hydrogen-bond donors (Lipinski definition) is 2. The van der Waals surface area contributed by atoms with Crippen molar-refractivity contribution in [2.45, 2.75) is 65.0 Å². The fourth-order valence-electron chi connectivity index (χ4n) is 2.96. The van der Waals surface area contributed by atoms with Crippen LogP contribution in [0.25, 0.3) is 0 Å². The molecule has 1 atom stereocenters. The highest BCUT2D eigenvalue weighted by Gasteiger charge is 2.20. The molecule has 2 N–H and O–H groups in total. The van der Waals surface area contributed by atoms with E-state index in [0.717, 1.165) is 19.4 Å². The predicted molar refractivity (Wildman–Crippen MR) is 77.8 cm³/mol. The summed E-state index contributed by atoms with van der Waals surface area (Å²) in [6.07, 6.45) is 5.70. The van der Waals surface area contributed by atoms with Gasteiger partial charge in [-0.1, -0.05) is 33.6 Å². The Balaban J connectivity index is 2.17. The van der Waals surface area contributed by atoms with Crippen LogP contribution in [0, 0.1) is 5.92 Å². The van der Waals surface area contributed by atoms with Gasteiger partial charge in [0.15, 0.2) is 0 Å². The van der Waals surface area contributed by atoms with E-state index < -0.39 is 0 Å². The van der Waals surface area contributed by atoms with E-state index in [-0.39, 0.29) is 6.10 Å². The summed E-state index contributed by atoms with van der Waals surface area (Å²) < 4.78 is 0. The summed E-state index contributed by atoms with van der Waals surface area (Å²) in [5.41, 5.74) is 0. The van der Waals surface area contributed by atoms with Crippen molar-refractivity contribution in [2.75, 3.05) is 26.2 Å². The average molecular weight is 256 g/mol. The number of nitrogens with one attached hydrogen (secondary N) is 1. The Morgan fingerprint density at radius 1 is 1.17 bits per heavy atom. The van der Waals surface area contributed by atoms with Gasteiger partial charge in [-0.2, -0.15) is 0 Å². The maximum atomic E-state index is 10.1. The Bertz CT molecular complexity index is 199. The van der Waals surface area contributed by atoms with Crippen LogP contribution in [0.5, 0.6) is 0 Å². The molecule has 0 spiro atoms. The predicted octanol–water partition coefficient (Wildman–Crippen LogP) is 2.25. The number of likely N-dealkylation sites (tertiary alicyclic amines) is 1. The molecule has 3 nitrogen and oxygen atoms in total. The lowest BCUT2D eigenvalue weighted by molar-refractivity contribution is 0.0929. The van der Waals surface area contributed by atoms with Gasteiger partial charge in [0.1, 0.15) is 0 Å². The molecule has 0 aliphatic carbocycles. The van der Waals surface area contributed by atoms with Crippen molar-refractivity contribution in [3.8, 4) is 0 Å². The maximum Gasteiger partial charge on any atom is 0.0692 e. The molecular weight excluding hydrogens is 224 g/mol. The van der Waals surface area contributed by atoms with Crippen LogP contribution < -0.4 is 5.32 Å². The van der Waals surface area contributed by atoms with E-state index in [0.29, 0.717) is 12.0 Å². The maximum absolute atomic E-state index is 10.1. The molecule has 3 heteroatoms. The highest BCUT2D eigenvalue weighted by molar-refractivity contribution is 4.79. The van der Waals surface area contributed by atoms with Crippen molar-refractivity contribution in [2.24, 2.45) is 5.92 Å². The van der Waals surface area contributed by atoms with E-state index in [9.17, 15) is 5.11 Å². The summed E-state index contributed by atoms with van der Waals surface area (Å²) in [4.78, 5) is 2.55. The van der Waals surface area contributed by atoms with Crippen LogP contribution >= 0.6 is 0 Å². The van der Waals surface area contributed by atoms with Crippen LogP contribution in [0.3, 0.4) is 0 Å². The first-order valence-electron chi connectivity index (χ1n) is 7.85. The summed E-state index contributed by atoms with van der Waals surface area (Å²) in [5.74, 6) is 0.456. The normalized spacial score (nSPS) is 20.5. The number of hydrogen-bond acceptors (Lipinski definition) is 3. The zero-order chi connectivity index (χ0) is 13.4. The molecule has 108 valence electrons. The second kappa shape index (κ2) is 8.89. The summed E-state index contributed by atoms with van der Waals surface area (Å²) in [6.45, 7) is 11.0. The highest BCUT2D eigenvalue weighted by Crippen LogP contribution is 2.14. The van der Waals surface area contributed by atoms with Crippen molar-refractivity contribution in [1.82, 2.24) is 10.2 Å². The van der Waals surface area contributed by atoms with Gasteiger partial charge in [-0.25, -0.2) is 0 Å². The largest absolute Gasteiger partial charge is 0.392 e. The number of nitrogens with zero attached hydrogens (tertiary/aromatic N) is 1. The van der Waals surface area contributed by atoms with Crippen molar-refractivity contribution >= 4 is 0 Å². The topological polar surface area (TPSA) is 35.5 Å². The smallest absolute Gasteiger partial charge is 0.0692 e. The third-order valence-electron chi connectivity index (χ3n) is 4.34. The van der Waals surface area contributed by atoms with Crippen LogP contribution in [0.1, 0.15) is 52.9 Å². The standard InChI is InChI=1S/C15H32N2O/c1-4-9-17-10-7-14(8-11-17)16-12-15(18)13(5-2)6-3/h13-16,18H,4-12H2,1-3H3. The molecule has 1 aliphatic heterocycles. The van der Waals surface area contributed by atoms with Gasteiger partial charge in [-0.3, -0.25) is 0 Å². The van der Waals surface area contributed by atoms with E-state index in [2.05, 4.69) is 31.0 Å². The number of piperidine rings is 1. The molecule has 1 unspecified atom stereocenters. The third-order valence-corrected chi connectivity index (χ3v) is 4.34.